The molecule has 62 valence electrons. The highest BCUT2D eigenvalue weighted by Crippen LogP contribution is 2.30. The SMILES string of the molecule is Fc1c(Cl)ccc2sc(Cl)nc12. The number of hydrogen-bond acceptors (Lipinski definition) is 2. The van der Waals surface area contributed by atoms with Gasteiger partial charge in [-0.3, -0.25) is 0 Å². The van der Waals surface area contributed by atoms with Crippen molar-refractivity contribution in [3.63, 3.8) is 0 Å². The van der Waals surface area contributed by atoms with Crippen LogP contribution < -0.4 is 0 Å². The van der Waals surface area contributed by atoms with E-state index in [4.69, 9.17) is 23.2 Å². The number of nitrogens with zero attached hydrogens (tertiary/aromatic N) is 1. The molecule has 2 aromatic rings. The van der Waals surface area contributed by atoms with Crippen molar-refractivity contribution in [1.82, 2.24) is 4.98 Å². The average Bonchev–Trinajstić information content (AvgIpc) is 2.39. The molecule has 1 heterocycles. The molecule has 5 heteroatoms. The second-order valence-electron chi connectivity index (χ2n) is 2.17. The molecule has 0 saturated carbocycles. The Morgan fingerprint density at radius 1 is 1.33 bits per heavy atom. The summed E-state index contributed by atoms with van der Waals surface area (Å²) < 4.78 is 14.2. The molecule has 0 N–H and O–H groups in total. The summed E-state index contributed by atoms with van der Waals surface area (Å²) in [6.07, 6.45) is 0. The van der Waals surface area contributed by atoms with Crippen molar-refractivity contribution in [2.45, 2.75) is 0 Å². The maximum Gasteiger partial charge on any atom is 0.184 e. The van der Waals surface area contributed by atoms with Gasteiger partial charge in [0.15, 0.2) is 10.3 Å². The Hall–Kier alpha value is -0.380. The van der Waals surface area contributed by atoms with E-state index in [0.717, 1.165) is 0 Å². The quantitative estimate of drug-likeness (QED) is 0.661. The predicted molar refractivity (Wildman–Crippen MR) is 49.6 cm³/mol. The third-order valence-corrected chi connectivity index (χ3v) is 2.84. The fourth-order valence-electron chi connectivity index (χ4n) is 0.910. The first-order chi connectivity index (χ1) is 5.68. The Morgan fingerprint density at radius 3 is 2.83 bits per heavy atom. The molecule has 0 amide bonds. The molecule has 0 saturated heterocycles. The number of aromatic nitrogens is 1. The maximum atomic E-state index is 13.2. The van der Waals surface area contributed by atoms with Crippen LogP contribution in [0.4, 0.5) is 4.39 Å². The lowest BCUT2D eigenvalue weighted by Crippen LogP contribution is -1.78. The van der Waals surface area contributed by atoms with E-state index in [0.29, 0.717) is 9.17 Å². The zero-order valence-corrected chi connectivity index (χ0v) is 7.97. The summed E-state index contributed by atoms with van der Waals surface area (Å²) in [6, 6.07) is 3.19. The van der Waals surface area contributed by atoms with Crippen LogP contribution in [-0.2, 0) is 0 Å². The predicted octanol–water partition coefficient (Wildman–Crippen LogP) is 3.74. The second kappa shape index (κ2) is 2.83. The minimum atomic E-state index is -0.502. The fraction of sp³-hybridized carbons (Fsp3) is 0. The van der Waals surface area contributed by atoms with Gasteiger partial charge in [0.05, 0.1) is 9.72 Å². The highest BCUT2D eigenvalue weighted by Gasteiger charge is 2.09. The zero-order chi connectivity index (χ0) is 8.72. The van der Waals surface area contributed by atoms with Gasteiger partial charge >= 0.3 is 0 Å². The molecule has 0 spiro atoms. The number of hydrogen-bond donors (Lipinski definition) is 0. The monoisotopic (exact) mass is 221 g/mol. The molecule has 0 atom stereocenters. The third kappa shape index (κ3) is 1.18. The van der Waals surface area contributed by atoms with E-state index in [1.165, 1.54) is 17.4 Å². The van der Waals surface area contributed by atoms with Crippen molar-refractivity contribution < 1.29 is 4.39 Å². The molecular formula is C7H2Cl2FNS. The van der Waals surface area contributed by atoms with Crippen LogP contribution in [0.1, 0.15) is 0 Å². The van der Waals surface area contributed by atoms with Crippen molar-refractivity contribution in [1.29, 1.82) is 0 Å². The minimum absolute atomic E-state index is 0.0736. The molecule has 0 aliphatic rings. The molecular weight excluding hydrogens is 220 g/mol. The van der Waals surface area contributed by atoms with E-state index in [1.54, 1.807) is 6.07 Å². The highest BCUT2D eigenvalue weighted by molar-refractivity contribution is 7.22. The normalized spacial score (nSPS) is 10.9. The van der Waals surface area contributed by atoms with Gasteiger partial charge in [-0.25, -0.2) is 9.37 Å². The summed E-state index contributed by atoms with van der Waals surface area (Å²) in [6.45, 7) is 0. The van der Waals surface area contributed by atoms with E-state index in [1.807, 2.05) is 0 Å². The zero-order valence-electron chi connectivity index (χ0n) is 5.64. The largest absolute Gasteiger partial charge is 0.222 e. The van der Waals surface area contributed by atoms with E-state index in [9.17, 15) is 4.39 Å². The van der Waals surface area contributed by atoms with Crippen LogP contribution in [-0.4, -0.2) is 4.98 Å². The lowest BCUT2D eigenvalue weighted by atomic mass is 10.3. The second-order valence-corrected chi connectivity index (χ2v) is 4.19. The van der Waals surface area contributed by atoms with Crippen molar-refractivity contribution in [3.05, 3.63) is 27.4 Å². The Kier molecular flexibility index (Phi) is 1.94. The first-order valence-corrected chi connectivity index (χ1v) is 4.66. The van der Waals surface area contributed by atoms with Crippen LogP contribution in [0, 0.1) is 5.82 Å². The van der Waals surface area contributed by atoms with Gasteiger partial charge in [-0.05, 0) is 12.1 Å². The van der Waals surface area contributed by atoms with Crippen LogP contribution in [0.5, 0.6) is 0 Å². The third-order valence-electron chi connectivity index (χ3n) is 1.43. The lowest BCUT2D eigenvalue weighted by molar-refractivity contribution is 0.638. The van der Waals surface area contributed by atoms with Crippen molar-refractivity contribution in [3.8, 4) is 0 Å². The molecule has 0 bridgehead atoms. The number of benzene rings is 1. The van der Waals surface area contributed by atoms with Gasteiger partial charge in [-0.15, -0.1) is 11.3 Å². The molecule has 0 aliphatic carbocycles. The standard InChI is InChI=1S/C7H2Cl2FNS/c8-3-1-2-4-6(5(3)10)11-7(9)12-4/h1-2H. The summed E-state index contributed by atoms with van der Waals surface area (Å²) in [5.41, 5.74) is 0.248. The van der Waals surface area contributed by atoms with Crippen LogP contribution >= 0.6 is 34.5 Å². The van der Waals surface area contributed by atoms with E-state index in [2.05, 4.69) is 4.98 Å². The molecule has 1 nitrogen and oxygen atoms in total. The van der Waals surface area contributed by atoms with E-state index >= 15 is 0 Å². The first kappa shape index (κ1) is 8.23. The summed E-state index contributed by atoms with van der Waals surface area (Å²) >= 11 is 12.4. The molecule has 12 heavy (non-hydrogen) atoms. The maximum absolute atomic E-state index is 13.2. The summed E-state index contributed by atoms with van der Waals surface area (Å²) in [5, 5.41) is 0.0736. The van der Waals surface area contributed by atoms with Gasteiger partial charge < -0.3 is 0 Å². The van der Waals surface area contributed by atoms with Crippen LogP contribution in [0.3, 0.4) is 0 Å². The van der Waals surface area contributed by atoms with Crippen LogP contribution in [0.25, 0.3) is 10.2 Å². The fourth-order valence-corrected chi connectivity index (χ4v) is 2.08. The van der Waals surface area contributed by atoms with Crippen LogP contribution in [0.2, 0.25) is 9.49 Å². The Bertz CT molecular complexity index is 440. The molecule has 0 radical (unpaired) electrons. The Balaban J connectivity index is 2.89. The van der Waals surface area contributed by atoms with Gasteiger partial charge in [0.25, 0.3) is 0 Å². The number of rotatable bonds is 0. The smallest absolute Gasteiger partial charge is 0.184 e. The van der Waals surface area contributed by atoms with E-state index in [-0.39, 0.29) is 10.5 Å². The summed E-state index contributed by atoms with van der Waals surface area (Å²) in [7, 11) is 0. The molecule has 0 fully saturated rings. The van der Waals surface area contributed by atoms with Crippen molar-refractivity contribution >= 4 is 44.8 Å². The van der Waals surface area contributed by atoms with Gasteiger partial charge in [0.1, 0.15) is 5.52 Å². The van der Waals surface area contributed by atoms with Crippen molar-refractivity contribution in [2.24, 2.45) is 0 Å². The molecule has 1 aromatic heterocycles. The molecule has 0 aliphatic heterocycles. The topological polar surface area (TPSA) is 12.9 Å². The number of thiazole rings is 1. The molecule has 0 unspecified atom stereocenters. The Labute approximate surface area is 81.7 Å². The molecule has 1 aromatic carbocycles. The van der Waals surface area contributed by atoms with Crippen molar-refractivity contribution in [2.75, 3.05) is 0 Å². The number of halogens is 3. The Morgan fingerprint density at radius 2 is 2.08 bits per heavy atom. The van der Waals surface area contributed by atoms with Gasteiger partial charge in [0.2, 0.25) is 0 Å². The van der Waals surface area contributed by atoms with Crippen LogP contribution in [0.15, 0.2) is 12.1 Å². The van der Waals surface area contributed by atoms with E-state index < -0.39 is 5.82 Å². The summed E-state index contributed by atoms with van der Waals surface area (Å²) in [5.74, 6) is -0.502. The van der Waals surface area contributed by atoms with Gasteiger partial charge in [-0.2, -0.15) is 0 Å². The first-order valence-electron chi connectivity index (χ1n) is 3.08. The number of fused-ring (bicyclic) bond motifs is 1. The van der Waals surface area contributed by atoms with Gasteiger partial charge in [-0.1, -0.05) is 23.2 Å². The van der Waals surface area contributed by atoms with Gasteiger partial charge in [0, 0.05) is 0 Å². The highest BCUT2D eigenvalue weighted by atomic mass is 35.5. The summed E-state index contributed by atoms with van der Waals surface area (Å²) in [4.78, 5) is 3.80. The average molecular weight is 222 g/mol. The lowest BCUT2D eigenvalue weighted by Gasteiger charge is -1.91. The minimum Gasteiger partial charge on any atom is -0.222 e. The molecule has 2 rings (SSSR count).